The second kappa shape index (κ2) is 6.04. The maximum Gasteiger partial charge on any atom is 0.0743 e. The maximum atomic E-state index is 10.1. The van der Waals surface area contributed by atoms with Crippen LogP contribution in [-0.2, 0) is 6.54 Å². The molecule has 3 nitrogen and oxygen atoms in total. The Balaban J connectivity index is 2.24. The van der Waals surface area contributed by atoms with Crippen LogP contribution in [0.25, 0.3) is 0 Å². The van der Waals surface area contributed by atoms with Gasteiger partial charge in [-0.2, -0.15) is 0 Å². The van der Waals surface area contributed by atoms with Crippen molar-refractivity contribution in [3.05, 3.63) is 28.2 Å². The Morgan fingerprint density at radius 2 is 2.11 bits per heavy atom. The van der Waals surface area contributed by atoms with Crippen molar-refractivity contribution in [3.8, 4) is 0 Å². The first-order valence-electron chi connectivity index (χ1n) is 6.53. The molecule has 2 atom stereocenters. The zero-order valence-corrected chi connectivity index (χ0v) is 12.4. The van der Waals surface area contributed by atoms with Crippen LogP contribution in [0, 0.1) is 0 Å². The molecule has 0 saturated heterocycles. The van der Waals surface area contributed by atoms with E-state index in [4.69, 9.17) is 5.73 Å². The molecule has 100 valence electrons. The minimum atomic E-state index is -0.224. The molecule has 18 heavy (non-hydrogen) atoms. The van der Waals surface area contributed by atoms with Gasteiger partial charge in [-0.15, -0.1) is 0 Å². The highest BCUT2D eigenvalue weighted by Gasteiger charge is 2.27. The number of anilines is 1. The topological polar surface area (TPSA) is 49.5 Å². The Kier molecular flexibility index (Phi) is 4.65. The largest absolute Gasteiger partial charge is 0.391 e. The Hall–Kier alpha value is -0.580. The lowest BCUT2D eigenvalue weighted by Crippen LogP contribution is -2.43. The second-order valence-electron chi connectivity index (χ2n) is 5.01. The summed E-state index contributed by atoms with van der Waals surface area (Å²) in [5.74, 6) is 0. The molecule has 1 aliphatic carbocycles. The average molecular weight is 313 g/mol. The third kappa shape index (κ3) is 2.87. The van der Waals surface area contributed by atoms with Crippen molar-refractivity contribution in [2.24, 2.45) is 5.73 Å². The van der Waals surface area contributed by atoms with E-state index in [-0.39, 0.29) is 12.1 Å². The van der Waals surface area contributed by atoms with Crippen LogP contribution in [-0.4, -0.2) is 24.3 Å². The number of aliphatic hydroxyl groups excluding tert-OH is 1. The van der Waals surface area contributed by atoms with Gasteiger partial charge in [0.1, 0.15) is 0 Å². The lowest BCUT2D eigenvalue weighted by atomic mass is 9.91. The van der Waals surface area contributed by atoms with Gasteiger partial charge in [-0.05, 0) is 36.6 Å². The van der Waals surface area contributed by atoms with E-state index >= 15 is 0 Å². The summed E-state index contributed by atoms with van der Waals surface area (Å²) >= 11 is 3.47. The van der Waals surface area contributed by atoms with Gasteiger partial charge in [-0.1, -0.05) is 28.8 Å². The van der Waals surface area contributed by atoms with Crippen molar-refractivity contribution in [1.29, 1.82) is 0 Å². The molecular formula is C14H21BrN2O. The van der Waals surface area contributed by atoms with E-state index in [9.17, 15) is 5.11 Å². The smallest absolute Gasteiger partial charge is 0.0743 e. The van der Waals surface area contributed by atoms with Crippen LogP contribution >= 0.6 is 15.9 Å². The highest BCUT2D eigenvalue weighted by Crippen LogP contribution is 2.30. The zero-order chi connectivity index (χ0) is 13.1. The van der Waals surface area contributed by atoms with Gasteiger partial charge in [0.05, 0.1) is 12.1 Å². The van der Waals surface area contributed by atoms with Gasteiger partial charge in [-0.25, -0.2) is 0 Å². The molecule has 0 spiro atoms. The molecule has 0 radical (unpaired) electrons. The fraction of sp³-hybridized carbons (Fsp3) is 0.571. The first-order chi connectivity index (χ1) is 8.63. The fourth-order valence-corrected chi connectivity index (χ4v) is 3.19. The highest BCUT2D eigenvalue weighted by atomic mass is 79.9. The third-order valence-corrected chi connectivity index (χ3v) is 4.33. The van der Waals surface area contributed by atoms with Gasteiger partial charge in [0.2, 0.25) is 0 Å². The lowest BCUT2D eigenvalue weighted by Gasteiger charge is -2.37. The van der Waals surface area contributed by atoms with Crippen LogP contribution in [0.15, 0.2) is 22.7 Å². The number of nitrogens with two attached hydrogens (primary N) is 1. The SMILES string of the molecule is CN(c1ccc(Br)cc1CN)C1CCCCC1O. The summed E-state index contributed by atoms with van der Waals surface area (Å²) in [6.07, 6.45) is 4.07. The van der Waals surface area contributed by atoms with E-state index in [1.807, 2.05) is 6.07 Å². The van der Waals surface area contributed by atoms with E-state index in [0.717, 1.165) is 35.0 Å². The third-order valence-electron chi connectivity index (χ3n) is 3.83. The minimum Gasteiger partial charge on any atom is -0.391 e. The van der Waals surface area contributed by atoms with Crippen LogP contribution in [0.2, 0.25) is 0 Å². The van der Waals surface area contributed by atoms with Crippen molar-refractivity contribution in [2.45, 2.75) is 44.4 Å². The number of aliphatic hydroxyl groups is 1. The summed E-state index contributed by atoms with van der Waals surface area (Å²) in [5.41, 5.74) is 8.06. The Morgan fingerprint density at radius 1 is 1.39 bits per heavy atom. The number of hydrogen-bond acceptors (Lipinski definition) is 3. The molecule has 1 aromatic rings. The predicted molar refractivity (Wildman–Crippen MR) is 78.7 cm³/mol. The van der Waals surface area contributed by atoms with E-state index in [1.165, 1.54) is 6.42 Å². The van der Waals surface area contributed by atoms with Gasteiger partial charge in [-0.3, -0.25) is 0 Å². The van der Waals surface area contributed by atoms with Crippen molar-refractivity contribution < 1.29 is 5.11 Å². The van der Waals surface area contributed by atoms with Crippen LogP contribution < -0.4 is 10.6 Å². The van der Waals surface area contributed by atoms with E-state index in [1.54, 1.807) is 0 Å². The quantitative estimate of drug-likeness (QED) is 0.902. The summed E-state index contributed by atoms with van der Waals surface area (Å²) < 4.78 is 1.05. The molecular weight excluding hydrogens is 292 g/mol. The Labute approximate surface area is 117 Å². The summed E-state index contributed by atoms with van der Waals surface area (Å²) in [6.45, 7) is 0.516. The van der Waals surface area contributed by atoms with E-state index in [2.05, 4.69) is 40.0 Å². The van der Waals surface area contributed by atoms with Crippen LogP contribution in [0.5, 0.6) is 0 Å². The average Bonchev–Trinajstić information content (AvgIpc) is 2.38. The van der Waals surface area contributed by atoms with Crippen molar-refractivity contribution >= 4 is 21.6 Å². The zero-order valence-electron chi connectivity index (χ0n) is 10.8. The molecule has 4 heteroatoms. The molecule has 0 heterocycles. The van der Waals surface area contributed by atoms with Crippen molar-refractivity contribution in [3.63, 3.8) is 0 Å². The fourth-order valence-electron chi connectivity index (χ4n) is 2.78. The second-order valence-corrected chi connectivity index (χ2v) is 5.92. The molecule has 3 N–H and O–H groups in total. The highest BCUT2D eigenvalue weighted by molar-refractivity contribution is 9.10. The molecule has 2 unspecified atom stereocenters. The van der Waals surface area contributed by atoms with Gasteiger partial charge in [0.25, 0.3) is 0 Å². The van der Waals surface area contributed by atoms with Crippen LogP contribution in [0.3, 0.4) is 0 Å². The molecule has 0 aromatic heterocycles. The van der Waals surface area contributed by atoms with Crippen molar-refractivity contribution in [2.75, 3.05) is 11.9 Å². The Morgan fingerprint density at radius 3 is 2.78 bits per heavy atom. The normalized spacial score (nSPS) is 24.0. The van der Waals surface area contributed by atoms with Gasteiger partial charge >= 0.3 is 0 Å². The number of hydrogen-bond donors (Lipinski definition) is 2. The monoisotopic (exact) mass is 312 g/mol. The first kappa shape index (κ1) is 13.8. The number of benzene rings is 1. The summed E-state index contributed by atoms with van der Waals surface area (Å²) in [5, 5.41) is 10.1. The number of rotatable bonds is 3. The van der Waals surface area contributed by atoms with Gasteiger partial charge in [0, 0.05) is 23.8 Å². The molecule has 0 amide bonds. The maximum absolute atomic E-state index is 10.1. The van der Waals surface area contributed by atoms with Crippen LogP contribution in [0.1, 0.15) is 31.2 Å². The molecule has 1 aliphatic rings. The predicted octanol–water partition coefficient (Wildman–Crippen LogP) is 2.65. The van der Waals surface area contributed by atoms with E-state index in [0.29, 0.717) is 6.54 Å². The molecule has 0 aliphatic heterocycles. The molecule has 1 aromatic carbocycles. The summed E-state index contributed by atoms with van der Waals surface area (Å²) in [4.78, 5) is 2.19. The molecule has 2 rings (SSSR count). The summed E-state index contributed by atoms with van der Waals surface area (Å²) in [6, 6.07) is 6.37. The Bertz CT molecular complexity index is 411. The van der Waals surface area contributed by atoms with Crippen molar-refractivity contribution in [1.82, 2.24) is 0 Å². The molecule has 1 saturated carbocycles. The van der Waals surface area contributed by atoms with E-state index < -0.39 is 0 Å². The number of nitrogens with zero attached hydrogens (tertiary/aromatic N) is 1. The van der Waals surface area contributed by atoms with Crippen LogP contribution in [0.4, 0.5) is 5.69 Å². The van der Waals surface area contributed by atoms with Gasteiger partial charge in [0.15, 0.2) is 0 Å². The lowest BCUT2D eigenvalue weighted by molar-refractivity contribution is 0.106. The van der Waals surface area contributed by atoms with Gasteiger partial charge < -0.3 is 15.7 Å². The molecule has 1 fully saturated rings. The number of halogens is 1. The molecule has 0 bridgehead atoms. The standard InChI is InChI=1S/C14H21BrN2O/c1-17(13-4-2-3-5-14(13)18)12-7-6-11(15)8-10(12)9-16/h6-8,13-14,18H,2-5,9,16H2,1H3. The first-order valence-corrected chi connectivity index (χ1v) is 7.32. The minimum absolute atomic E-state index is 0.213. The summed E-state index contributed by atoms with van der Waals surface area (Å²) in [7, 11) is 2.06. The number of likely N-dealkylation sites (N-methyl/N-ethyl adjacent to an activating group) is 1.